The molecule has 2 aromatic rings. The van der Waals surface area contributed by atoms with Crippen LogP contribution < -0.4 is 9.47 Å². The van der Waals surface area contributed by atoms with Crippen molar-refractivity contribution in [3.8, 4) is 22.8 Å². The van der Waals surface area contributed by atoms with Crippen molar-refractivity contribution in [2.45, 2.75) is 26.4 Å². The first-order chi connectivity index (χ1) is 10.8. The van der Waals surface area contributed by atoms with Crippen LogP contribution in [0.2, 0.25) is 0 Å². The number of benzene rings is 2. The van der Waals surface area contributed by atoms with Crippen LogP contribution in [0.25, 0.3) is 0 Å². The van der Waals surface area contributed by atoms with E-state index in [2.05, 4.69) is 42.5 Å². The third-order valence-corrected chi connectivity index (χ3v) is 3.27. The van der Waals surface area contributed by atoms with Gasteiger partial charge in [-0.2, -0.15) is 0 Å². The molecule has 0 bridgehead atoms. The summed E-state index contributed by atoms with van der Waals surface area (Å²) in [5.41, 5.74) is 2.41. The lowest BCUT2D eigenvalue weighted by Crippen LogP contribution is -1.98. The van der Waals surface area contributed by atoms with Crippen molar-refractivity contribution in [1.82, 2.24) is 0 Å². The van der Waals surface area contributed by atoms with Crippen LogP contribution in [0, 0.1) is 18.2 Å². The molecule has 0 spiro atoms. The second kappa shape index (κ2) is 9.02. The van der Waals surface area contributed by atoms with E-state index >= 15 is 0 Å². The van der Waals surface area contributed by atoms with E-state index in [0.717, 1.165) is 29.9 Å². The first-order valence-electron chi connectivity index (χ1n) is 7.27. The summed E-state index contributed by atoms with van der Waals surface area (Å²) in [4.78, 5) is 0. The highest BCUT2D eigenvalue weighted by molar-refractivity contribution is 6.30. The predicted octanol–water partition coefficient (Wildman–Crippen LogP) is 4.93. The van der Waals surface area contributed by atoms with E-state index in [1.54, 1.807) is 0 Å². The Morgan fingerprint density at radius 1 is 0.909 bits per heavy atom. The number of hydrogen-bond donors (Lipinski definition) is 0. The number of unbranched alkanes of at least 4 members (excludes halogenated alkanes) is 1. The standard InChI is InChI=1S/C19H19ClO2/c1-16-5-7-17(8-6-16)15-22-19-11-9-18(10-12-19)21-14-4-2-3-13-20/h5-12H,2,4,14-15H2,1H3. The minimum atomic E-state index is 0.567. The van der Waals surface area contributed by atoms with Crippen molar-refractivity contribution in [3.63, 3.8) is 0 Å². The third-order valence-electron chi connectivity index (χ3n) is 3.13. The minimum absolute atomic E-state index is 0.567. The molecule has 2 aromatic carbocycles. The van der Waals surface area contributed by atoms with Gasteiger partial charge in [0.15, 0.2) is 0 Å². The van der Waals surface area contributed by atoms with Crippen LogP contribution >= 0.6 is 11.6 Å². The Hall–Kier alpha value is -2.11. The fourth-order valence-electron chi connectivity index (χ4n) is 1.88. The van der Waals surface area contributed by atoms with E-state index in [4.69, 9.17) is 21.1 Å². The summed E-state index contributed by atoms with van der Waals surface area (Å²) in [5.74, 6) is 4.46. The summed E-state index contributed by atoms with van der Waals surface area (Å²) in [6.07, 6.45) is 1.62. The van der Waals surface area contributed by atoms with Gasteiger partial charge in [-0.25, -0.2) is 0 Å². The van der Waals surface area contributed by atoms with E-state index in [1.165, 1.54) is 5.56 Å². The van der Waals surface area contributed by atoms with E-state index in [-0.39, 0.29) is 0 Å². The molecule has 0 saturated heterocycles. The molecule has 114 valence electrons. The molecule has 0 atom stereocenters. The van der Waals surface area contributed by atoms with E-state index in [9.17, 15) is 0 Å². The molecule has 0 fully saturated rings. The second-order valence-corrected chi connectivity index (χ2v) is 5.16. The van der Waals surface area contributed by atoms with Crippen molar-refractivity contribution in [2.75, 3.05) is 6.61 Å². The van der Waals surface area contributed by atoms with Gasteiger partial charge in [0.25, 0.3) is 0 Å². The van der Waals surface area contributed by atoms with Crippen LogP contribution in [0.15, 0.2) is 48.5 Å². The lowest BCUT2D eigenvalue weighted by Gasteiger charge is -2.08. The molecule has 0 aliphatic rings. The summed E-state index contributed by atoms with van der Waals surface area (Å²) in [5, 5.41) is 2.35. The Morgan fingerprint density at radius 3 is 2.18 bits per heavy atom. The normalized spacial score (nSPS) is 9.73. The average Bonchev–Trinajstić information content (AvgIpc) is 2.55. The van der Waals surface area contributed by atoms with Crippen LogP contribution in [0.1, 0.15) is 24.0 Å². The molecule has 0 N–H and O–H groups in total. The fraction of sp³-hybridized carbons (Fsp3) is 0.263. The van der Waals surface area contributed by atoms with Gasteiger partial charge in [-0.15, -0.1) is 0 Å². The van der Waals surface area contributed by atoms with Gasteiger partial charge in [0, 0.05) is 11.8 Å². The van der Waals surface area contributed by atoms with Crippen molar-refractivity contribution < 1.29 is 9.47 Å². The largest absolute Gasteiger partial charge is 0.494 e. The van der Waals surface area contributed by atoms with Gasteiger partial charge in [-0.1, -0.05) is 35.7 Å². The summed E-state index contributed by atoms with van der Waals surface area (Å²) in [7, 11) is 0. The molecule has 0 saturated carbocycles. The molecule has 2 rings (SSSR count). The topological polar surface area (TPSA) is 18.5 Å². The lowest BCUT2D eigenvalue weighted by atomic mass is 10.2. The van der Waals surface area contributed by atoms with Crippen molar-refractivity contribution in [3.05, 3.63) is 59.7 Å². The Balaban J connectivity index is 1.76. The van der Waals surface area contributed by atoms with Crippen LogP contribution in [-0.2, 0) is 6.61 Å². The Kier molecular flexibility index (Phi) is 6.67. The molecular weight excluding hydrogens is 296 g/mol. The van der Waals surface area contributed by atoms with E-state index in [0.29, 0.717) is 13.2 Å². The van der Waals surface area contributed by atoms with Crippen LogP contribution in [0.3, 0.4) is 0 Å². The fourth-order valence-corrected chi connectivity index (χ4v) is 1.98. The molecule has 2 nitrogen and oxygen atoms in total. The summed E-state index contributed by atoms with van der Waals surface area (Å²) in [6, 6.07) is 16.0. The van der Waals surface area contributed by atoms with Crippen molar-refractivity contribution >= 4 is 11.6 Å². The maximum atomic E-state index is 5.76. The zero-order chi connectivity index (χ0) is 15.6. The first-order valence-corrected chi connectivity index (χ1v) is 7.65. The van der Waals surface area contributed by atoms with Gasteiger partial charge in [0.1, 0.15) is 18.1 Å². The molecule has 0 aromatic heterocycles. The first kappa shape index (κ1) is 16.3. The quantitative estimate of drug-likeness (QED) is 0.533. The average molecular weight is 315 g/mol. The zero-order valence-electron chi connectivity index (χ0n) is 12.6. The van der Waals surface area contributed by atoms with E-state index in [1.807, 2.05) is 24.3 Å². The Morgan fingerprint density at radius 2 is 1.55 bits per heavy atom. The van der Waals surface area contributed by atoms with Gasteiger partial charge in [-0.05, 0) is 54.8 Å². The van der Waals surface area contributed by atoms with Crippen molar-refractivity contribution in [1.29, 1.82) is 0 Å². The summed E-state index contributed by atoms with van der Waals surface area (Å²) < 4.78 is 11.4. The Labute approximate surface area is 137 Å². The smallest absolute Gasteiger partial charge is 0.120 e. The van der Waals surface area contributed by atoms with Crippen LogP contribution in [0.4, 0.5) is 0 Å². The highest BCUT2D eigenvalue weighted by Crippen LogP contribution is 2.19. The second-order valence-electron chi connectivity index (χ2n) is 4.97. The summed E-state index contributed by atoms with van der Waals surface area (Å²) >= 11 is 5.28. The SMILES string of the molecule is Cc1ccc(COc2ccc(OCCCC#CCl)cc2)cc1. The highest BCUT2D eigenvalue weighted by atomic mass is 35.5. The zero-order valence-corrected chi connectivity index (χ0v) is 13.4. The molecule has 0 radical (unpaired) electrons. The molecule has 22 heavy (non-hydrogen) atoms. The number of hydrogen-bond acceptors (Lipinski definition) is 2. The number of halogens is 1. The minimum Gasteiger partial charge on any atom is -0.494 e. The Bertz CT molecular complexity index is 621. The maximum Gasteiger partial charge on any atom is 0.120 e. The number of rotatable bonds is 7. The van der Waals surface area contributed by atoms with Gasteiger partial charge in [0.05, 0.1) is 6.61 Å². The monoisotopic (exact) mass is 314 g/mol. The molecular formula is C19H19ClO2. The molecule has 0 heterocycles. The predicted molar refractivity (Wildman–Crippen MR) is 90.3 cm³/mol. The lowest BCUT2D eigenvalue weighted by molar-refractivity contribution is 0.300. The number of ether oxygens (including phenoxy) is 2. The van der Waals surface area contributed by atoms with Gasteiger partial charge in [-0.3, -0.25) is 0 Å². The van der Waals surface area contributed by atoms with Gasteiger partial charge in [0.2, 0.25) is 0 Å². The molecule has 0 aliphatic carbocycles. The number of aryl methyl sites for hydroxylation is 1. The van der Waals surface area contributed by atoms with Crippen LogP contribution in [0.5, 0.6) is 11.5 Å². The maximum absolute atomic E-state index is 5.76. The molecule has 0 amide bonds. The van der Waals surface area contributed by atoms with Gasteiger partial charge < -0.3 is 9.47 Å². The molecule has 0 aliphatic heterocycles. The third kappa shape index (κ3) is 5.71. The summed E-state index contributed by atoms with van der Waals surface area (Å²) in [6.45, 7) is 3.28. The van der Waals surface area contributed by atoms with Crippen LogP contribution in [-0.4, -0.2) is 6.61 Å². The van der Waals surface area contributed by atoms with Gasteiger partial charge >= 0.3 is 0 Å². The highest BCUT2D eigenvalue weighted by Gasteiger charge is 1.98. The molecule has 3 heteroatoms. The molecule has 0 unspecified atom stereocenters. The van der Waals surface area contributed by atoms with Crippen molar-refractivity contribution in [2.24, 2.45) is 0 Å². The van der Waals surface area contributed by atoms with E-state index < -0.39 is 0 Å².